The van der Waals surface area contributed by atoms with Crippen molar-refractivity contribution in [1.82, 2.24) is 4.90 Å². The van der Waals surface area contributed by atoms with Gasteiger partial charge < -0.3 is 19.4 Å². The number of benzene rings is 1. The Balaban J connectivity index is 1.87. The molecule has 1 aromatic rings. The minimum Gasteiger partial charge on any atom is -0.340 e. The fraction of sp³-hybridized carbons (Fsp3) is 0.526. The smallest absolute Gasteiger partial charge is 0.340 e. The molecule has 31 heavy (non-hydrogen) atoms. The first-order valence-electron chi connectivity index (χ1n) is 9.21. The van der Waals surface area contributed by atoms with E-state index in [2.05, 4.69) is 4.85 Å². The molecule has 0 bridgehead atoms. The monoisotopic (exact) mass is 446 g/mol. The maximum Gasteiger partial charge on any atom is 0.433 e. The van der Waals surface area contributed by atoms with Gasteiger partial charge in [0, 0.05) is 31.6 Å². The first kappa shape index (κ1) is 22.7. The standard InChI is InChI=1S/C19H16F6N4O2/c1-27-12-4-6-28(7-5-12)16(30)15-10-29(17(31-15)19(23,24)25)13-3-2-11(9-26)14(8-13)18(20,21)22/h2-3,8,12,15,17H,4-7,10H2/t15-,17+/m0/s1. The molecular weight excluding hydrogens is 430 g/mol. The summed E-state index contributed by atoms with van der Waals surface area (Å²) in [6, 6.07) is 3.31. The number of rotatable bonds is 2. The first-order chi connectivity index (χ1) is 14.5. The Morgan fingerprint density at radius 2 is 1.84 bits per heavy atom. The Morgan fingerprint density at radius 1 is 1.19 bits per heavy atom. The second-order valence-corrected chi connectivity index (χ2v) is 7.20. The highest BCUT2D eigenvalue weighted by Crippen LogP contribution is 2.39. The molecule has 3 rings (SSSR count). The number of hydrogen-bond donors (Lipinski definition) is 0. The first-order valence-corrected chi connectivity index (χ1v) is 9.21. The van der Waals surface area contributed by atoms with Crippen LogP contribution in [0.25, 0.3) is 4.85 Å². The molecule has 0 N–H and O–H groups in total. The van der Waals surface area contributed by atoms with Crippen LogP contribution >= 0.6 is 0 Å². The zero-order chi connectivity index (χ0) is 23.0. The van der Waals surface area contributed by atoms with Gasteiger partial charge in [0.25, 0.3) is 5.91 Å². The molecule has 2 saturated heterocycles. The van der Waals surface area contributed by atoms with Crippen LogP contribution in [-0.4, -0.2) is 55.0 Å². The number of alkyl halides is 6. The van der Waals surface area contributed by atoms with Crippen molar-refractivity contribution in [3.63, 3.8) is 0 Å². The zero-order valence-corrected chi connectivity index (χ0v) is 15.9. The van der Waals surface area contributed by atoms with Crippen molar-refractivity contribution in [1.29, 1.82) is 5.26 Å². The van der Waals surface area contributed by atoms with E-state index in [0.29, 0.717) is 23.8 Å². The lowest BCUT2D eigenvalue weighted by molar-refractivity contribution is -0.215. The van der Waals surface area contributed by atoms with Crippen LogP contribution in [0.4, 0.5) is 32.0 Å². The Kier molecular flexibility index (Phi) is 6.05. The van der Waals surface area contributed by atoms with E-state index in [9.17, 15) is 31.1 Å². The van der Waals surface area contributed by atoms with Gasteiger partial charge in [-0.2, -0.15) is 31.6 Å². The molecule has 0 aromatic heterocycles. The summed E-state index contributed by atoms with van der Waals surface area (Å²) in [6.45, 7) is 6.79. The summed E-state index contributed by atoms with van der Waals surface area (Å²) < 4.78 is 85.3. The molecule has 2 atom stereocenters. The molecule has 2 aliphatic heterocycles. The molecule has 1 aromatic carbocycles. The van der Waals surface area contributed by atoms with E-state index >= 15 is 0 Å². The van der Waals surface area contributed by atoms with Gasteiger partial charge in [0.2, 0.25) is 12.3 Å². The molecule has 0 aliphatic carbocycles. The third-order valence-electron chi connectivity index (χ3n) is 5.21. The molecule has 0 unspecified atom stereocenters. The van der Waals surface area contributed by atoms with Gasteiger partial charge >= 0.3 is 12.4 Å². The minimum absolute atomic E-state index is 0.192. The number of carbonyl (C=O) groups is 1. The van der Waals surface area contributed by atoms with Gasteiger partial charge in [-0.05, 0) is 18.2 Å². The summed E-state index contributed by atoms with van der Waals surface area (Å²) in [5.74, 6) is -0.704. The number of nitriles is 1. The number of piperidine rings is 1. The van der Waals surface area contributed by atoms with Crippen LogP contribution in [0.5, 0.6) is 0 Å². The predicted molar refractivity (Wildman–Crippen MR) is 94.4 cm³/mol. The van der Waals surface area contributed by atoms with Crippen molar-refractivity contribution >= 4 is 11.6 Å². The number of halogens is 6. The lowest BCUT2D eigenvalue weighted by Crippen LogP contribution is -2.45. The highest BCUT2D eigenvalue weighted by atomic mass is 19.4. The number of nitrogens with zero attached hydrogens (tertiary/aromatic N) is 4. The van der Waals surface area contributed by atoms with Gasteiger partial charge in [-0.25, -0.2) is 6.57 Å². The lowest BCUT2D eigenvalue weighted by Gasteiger charge is -2.29. The van der Waals surface area contributed by atoms with Crippen molar-refractivity contribution in [2.24, 2.45) is 0 Å². The van der Waals surface area contributed by atoms with E-state index in [1.54, 1.807) is 0 Å². The topological polar surface area (TPSA) is 60.9 Å². The summed E-state index contributed by atoms with van der Waals surface area (Å²) in [7, 11) is 0. The average molecular weight is 446 g/mol. The van der Waals surface area contributed by atoms with Crippen LogP contribution in [0.15, 0.2) is 18.2 Å². The van der Waals surface area contributed by atoms with Gasteiger partial charge in [-0.1, -0.05) is 0 Å². The Bertz CT molecular complexity index is 925. The summed E-state index contributed by atoms with van der Waals surface area (Å²) >= 11 is 0. The molecule has 2 aliphatic rings. The molecule has 2 fully saturated rings. The number of likely N-dealkylation sites (tertiary alicyclic amines) is 1. The average Bonchev–Trinajstić information content (AvgIpc) is 3.18. The largest absolute Gasteiger partial charge is 0.433 e. The van der Waals surface area contributed by atoms with E-state index in [1.807, 2.05) is 0 Å². The maximum absolute atomic E-state index is 13.6. The molecule has 1 amide bonds. The van der Waals surface area contributed by atoms with Crippen LogP contribution in [0, 0.1) is 17.9 Å². The van der Waals surface area contributed by atoms with Crippen molar-refractivity contribution in [3.8, 4) is 6.07 Å². The summed E-state index contributed by atoms with van der Waals surface area (Å²) in [5, 5.41) is 8.88. The molecule has 0 spiro atoms. The van der Waals surface area contributed by atoms with Gasteiger partial charge in [0.1, 0.15) is 0 Å². The van der Waals surface area contributed by atoms with Gasteiger partial charge in [0.05, 0.1) is 23.7 Å². The molecule has 2 heterocycles. The van der Waals surface area contributed by atoms with E-state index in [1.165, 1.54) is 11.0 Å². The Morgan fingerprint density at radius 3 is 2.35 bits per heavy atom. The Labute approximate surface area is 173 Å². The summed E-state index contributed by atoms with van der Waals surface area (Å²) in [5.41, 5.74) is -2.56. The number of ether oxygens (including phenoxy) is 1. The van der Waals surface area contributed by atoms with Crippen LogP contribution in [-0.2, 0) is 15.7 Å². The van der Waals surface area contributed by atoms with Crippen molar-refractivity contribution in [2.75, 3.05) is 24.5 Å². The quantitative estimate of drug-likeness (QED) is 0.515. The number of carbonyl (C=O) groups excluding carboxylic acids is 1. The molecule has 0 radical (unpaired) electrons. The summed E-state index contributed by atoms with van der Waals surface area (Å²) in [4.78, 5) is 17.9. The third-order valence-corrected chi connectivity index (χ3v) is 5.21. The van der Waals surface area contributed by atoms with Crippen LogP contribution < -0.4 is 4.90 Å². The number of anilines is 1. The number of amides is 1. The SMILES string of the molecule is [C-]#[N+]C1CCN(C(=O)[C@@H]2CN(c3ccc(C#N)c(C(F)(F)F)c3)[C@@H](C(F)(F)F)O2)CC1. The van der Waals surface area contributed by atoms with Crippen molar-refractivity contribution in [2.45, 2.75) is 43.6 Å². The van der Waals surface area contributed by atoms with Gasteiger partial charge in [-0.15, -0.1) is 0 Å². The second-order valence-electron chi connectivity index (χ2n) is 7.20. The zero-order valence-electron chi connectivity index (χ0n) is 15.9. The normalized spacial score (nSPS) is 22.8. The van der Waals surface area contributed by atoms with E-state index in [-0.39, 0.29) is 19.1 Å². The second kappa shape index (κ2) is 8.27. The molecular formula is C19H16F6N4O2. The highest BCUT2D eigenvalue weighted by molar-refractivity contribution is 5.82. The molecule has 12 heteroatoms. The van der Waals surface area contributed by atoms with Crippen LogP contribution in [0.2, 0.25) is 0 Å². The fourth-order valence-corrected chi connectivity index (χ4v) is 3.64. The fourth-order valence-electron chi connectivity index (χ4n) is 3.64. The van der Waals surface area contributed by atoms with E-state index in [4.69, 9.17) is 16.6 Å². The van der Waals surface area contributed by atoms with E-state index < -0.39 is 54.0 Å². The predicted octanol–water partition coefficient (Wildman–Crippen LogP) is 3.58. The molecule has 6 nitrogen and oxygen atoms in total. The third kappa shape index (κ3) is 4.69. The van der Waals surface area contributed by atoms with Gasteiger partial charge in [-0.3, -0.25) is 4.79 Å². The number of hydrogen-bond acceptors (Lipinski definition) is 4. The van der Waals surface area contributed by atoms with E-state index in [0.717, 1.165) is 12.1 Å². The minimum atomic E-state index is -4.97. The highest BCUT2D eigenvalue weighted by Gasteiger charge is 2.53. The van der Waals surface area contributed by atoms with Crippen molar-refractivity contribution in [3.05, 3.63) is 40.7 Å². The Hall–Kier alpha value is -2.99. The van der Waals surface area contributed by atoms with Gasteiger partial charge in [0.15, 0.2) is 6.10 Å². The molecule has 0 saturated carbocycles. The lowest BCUT2D eigenvalue weighted by atomic mass is 10.0. The van der Waals surface area contributed by atoms with Crippen LogP contribution in [0.3, 0.4) is 0 Å². The maximum atomic E-state index is 13.6. The molecule has 166 valence electrons. The van der Waals surface area contributed by atoms with Crippen molar-refractivity contribution < 1.29 is 35.9 Å². The summed E-state index contributed by atoms with van der Waals surface area (Å²) in [6.07, 6.45) is -13.3. The van der Waals surface area contributed by atoms with Crippen LogP contribution in [0.1, 0.15) is 24.0 Å².